The van der Waals surface area contributed by atoms with Gasteiger partial charge in [0.25, 0.3) is 0 Å². The highest BCUT2D eigenvalue weighted by Gasteiger charge is 2.23. The molecule has 0 amide bonds. The van der Waals surface area contributed by atoms with Crippen LogP contribution in [0.1, 0.15) is 0 Å². The van der Waals surface area contributed by atoms with Crippen molar-refractivity contribution in [3.63, 3.8) is 0 Å². The van der Waals surface area contributed by atoms with E-state index in [4.69, 9.17) is 19.4 Å². The van der Waals surface area contributed by atoms with Crippen molar-refractivity contribution >= 4 is 39.0 Å². The van der Waals surface area contributed by atoms with Crippen LogP contribution >= 0.6 is 0 Å². The predicted octanol–water partition coefficient (Wildman–Crippen LogP) is 15.2. The summed E-state index contributed by atoms with van der Waals surface area (Å²) in [6, 6.07) is 79.9. The maximum atomic E-state index is 6.72. The van der Waals surface area contributed by atoms with E-state index in [9.17, 15) is 0 Å². The van der Waals surface area contributed by atoms with E-state index in [2.05, 4.69) is 175 Å². The van der Waals surface area contributed by atoms with Crippen LogP contribution in [0.3, 0.4) is 0 Å². The Labute approximate surface area is 359 Å². The summed E-state index contributed by atoms with van der Waals surface area (Å²) in [7, 11) is 0. The topological polar surface area (TPSA) is 55.1 Å². The normalized spacial score (nSPS) is 11.2. The Balaban J connectivity index is 1.12. The van der Waals surface area contributed by atoms with Gasteiger partial charge in [-0.05, 0) is 75.8 Å². The van der Waals surface area contributed by atoms with Gasteiger partial charge in [0.05, 0.1) is 11.1 Å². The lowest BCUT2D eigenvalue weighted by Gasteiger charge is -2.27. The molecule has 0 unspecified atom stereocenters. The summed E-state index contributed by atoms with van der Waals surface area (Å²) in [6.45, 7) is 0. The van der Waals surface area contributed by atoms with Crippen LogP contribution in [0, 0.1) is 0 Å². The highest BCUT2D eigenvalue weighted by Crippen LogP contribution is 2.46. The molecular formula is C57H38N4O. The van der Waals surface area contributed by atoms with Crippen LogP contribution < -0.4 is 4.90 Å². The summed E-state index contributed by atoms with van der Waals surface area (Å²) in [5.74, 6) is 1.72. The zero-order chi connectivity index (χ0) is 41.2. The van der Waals surface area contributed by atoms with Crippen molar-refractivity contribution in [3.8, 4) is 67.5 Å². The van der Waals surface area contributed by atoms with Crippen molar-refractivity contribution in [2.75, 3.05) is 4.90 Å². The number of hydrogen-bond donors (Lipinski definition) is 0. The second kappa shape index (κ2) is 16.0. The number of furan rings is 1. The molecule has 11 rings (SSSR count). The van der Waals surface area contributed by atoms with E-state index in [1.54, 1.807) is 0 Å². The number of rotatable bonds is 9. The van der Waals surface area contributed by atoms with Crippen LogP contribution in [-0.2, 0) is 0 Å². The first-order chi connectivity index (χ1) is 30.7. The first kappa shape index (κ1) is 36.7. The predicted molar refractivity (Wildman–Crippen MR) is 254 cm³/mol. The zero-order valence-corrected chi connectivity index (χ0v) is 33.6. The fourth-order valence-corrected chi connectivity index (χ4v) is 8.23. The highest BCUT2D eigenvalue weighted by molar-refractivity contribution is 6.14. The first-order valence-corrected chi connectivity index (χ1v) is 20.8. The number of benzene rings is 9. The minimum absolute atomic E-state index is 0.545. The Morgan fingerprint density at radius 2 is 0.645 bits per heavy atom. The fraction of sp³-hybridized carbons (Fsp3) is 0. The molecule has 2 aromatic heterocycles. The van der Waals surface area contributed by atoms with Crippen LogP contribution in [0.25, 0.3) is 89.5 Å². The van der Waals surface area contributed by atoms with Gasteiger partial charge >= 0.3 is 0 Å². The number of fused-ring (bicyclic) bond motifs is 3. The second-order valence-electron chi connectivity index (χ2n) is 15.2. The average molecular weight is 795 g/mol. The molecule has 0 aliphatic heterocycles. The third kappa shape index (κ3) is 7.08. The van der Waals surface area contributed by atoms with Gasteiger partial charge in [-0.1, -0.05) is 188 Å². The Bertz CT molecular complexity index is 3210. The molecule has 5 nitrogen and oxygen atoms in total. The smallest absolute Gasteiger partial charge is 0.164 e. The summed E-state index contributed by atoms with van der Waals surface area (Å²) >= 11 is 0. The van der Waals surface area contributed by atoms with E-state index in [1.807, 2.05) is 60.7 Å². The van der Waals surface area contributed by atoms with E-state index >= 15 is 0 Å². The third-order valence-corrected chi connectivity index (χ3v) is 11.3. The maximum absolute atomic E-state index is 6.72. The molecule has 0 aliphatic carbocycles. The molecule has 9 aromatic carbocycles. The lowest BCUT2D eigenvalue weighted by Crippen LogP contribution is -2.11. The molecule has 0 fully saturated rings. The van der Waals surface area contributed by atoms with E-state index in [0.29, 0.717) is 17.5 Å². The van der Waals surface area contributed by atoms with Gasteiger partial charge in [-0.15, -0.1) is 0 Å². The summed E-state index contributed by atoms with van der Waals surface area (Å²) in [6.07, 6.45) is 0. The Kier molecular flexibility index (Phi) is 9.45. The lowest BCUT2D eigenvalue weighted by atomic mass is 10.0. The van der Waals surface area contributed by atoms with Gasteiger partial charge in [-0.25, -0.2) is 15.0 Å². The minimum Gasteiger partial charge on any atom is -0.456 e. The van der Waals surface area contributed by atoms with Gasteiger partial charge in [0.1, 0.15) is 11.2 Å². The highest BCUT2D eigenvalue weighted by atomic mass is 16.3. The molecule has 5 heteroatoms. The maximum Gasteiger partial charge on any atom is 0.164 e. The number of aromatic nitrogens is 3. The van der Waals surface area contributed by atoms with E-state index in [-0.39, 0.29) is 0 Å². The Morgan fingerprint density at radius 1 is 0.290 bits per heavy atom. The number of anilines is 3. The van der Waals surface area contributed by atoms with Crippen molar-refractivity contribution in [1.82, 2.24) is 15.0 Å². The summed E-state index contributed by atoms with van der Waals surface area (Å²) in [4.78, 5) is 17.8. The van der Waals surface area contributed by atoms with Crippen molar-refractivity contribution in [2.45, 2.75) is 0 Å². The molecule has 0 atom stereocenters. The first-order valence-electron chi connectivity index (χ1n) is 20.8. The van der Waals surface area contributed by atoms with Gasteiger partial charge in [-0.3, -0.25) is 0 Å². The summed E-state index contributed by atoms with van der Waals surface area (Å²) in [5.41, 5.74) is 14.0. The van der Waals surface area contributed by atoms with Gasteiger partial charge in [-0.2, -0.15) is 0 Å². The van der Waals surface area contributed by atoms with E-state index < -0.39 is 0 Å². The molecule has 0 spiro atoms. The second-order valence-corrected chi connectivity index (χ2v) is 15.2. The van der Waals surface area contributed by atoms with Gasteiger partial charge in [0.2, 0.25) is 0 Å². The quantitative estimate of drug-likeness (QED) is 0.146. The molecule has 0 aliphatic rings. The molecule has 62 heavy (non-hydrogen) atoms. The molecular weight excluding hydrogens is 757 g/mol. The zero-order valence-electron chi connectivity index (χ0n) is 33.6. The van der Waals surface area contributed by atoms with Gasteiger partial charge in [0, 0.05) is 33.5 Å². The van der Waals surface area contributed by atoms with Crippen molar-refractivity contribution in [3.05, 3.63) is 231 Å². The van der Waals surface area contributed by atoms with Crippen molar-refractivity contribution in [2.24, 2.45) is 0 Å². The molecule has 0 bridgehead atoms. The standard InChI is InChI=1S/C57H38N4O/c1-5-15-39(16-6-1)42-25-27-46(28-26-42)56-58-55(45-21-11-4-12-22-45)59-57(60-56)47-37-51(54-50-23-13-14-24-52(50)62-53(54)38-47)61(48-33-29-43(30-34-48)40-17-7-2-8-18-40)49-35-31-44(32-36-49)41-19-9-3-10-20-41/h1-38H. The number of nitrogens with zero attached hydrogens (tertiary/aromatic N) is 4. The molecule has 292 valence electrons. The molecule has 0 saturated carbocycles. The van der Waals surface area contributed by atoms with Crippen LogP contribution in [0.5, 0.6) is 0 Å². The largest absolute Gasteiger partial charge is 0.456 e. The SMILES string of the molecule is c1ccc(-c2ccc(-c3nc(-c4ccccc4)nc(-c4cc(N(c5ccc(-c6ccccc6)cc5)c5ccc(-c6ccccc6)cc5)c5c(c4)oc4ccccc45)n3)cc2)cc1. The molecule has 0 radical (unpaired) electrons. The van der Waals surface area contributed by atoms with Gasteiger partial charge < -0.3 is 9.32 Å². The summed E-state index contributed by atoms with van der Waals surface area (Å²) in [5, 5.41) is 2.02. The Hall–Kier alpha value is -8.41. The van der Waals surface area contributed by atoms with E-state index in [1.165, 1.54) is 0 Å². The lowest BCUT2D eigenvalue weighted by molar-refractivity contribution is 0.669. The summed E-state index contributed by atoms with van der Waals surface area (Å²) < 4.78 is 6.72. The van der Waals surface area contributed by atoms with Gasteiger partial charge in [0.15, 0.2) is 17.5 Å². The molecule has 0 saturated heterocycles. The monoisotopic (exact) mass is 794 g/mol. The van der Waals surface area contributed by atoms with E-state index in [0.717, 1.165) is 89.1 Å². The Morgan fingerprint density at radius 3 is 1.13 bits per heavy atom. The number of hydrogen-bond acceptors (Lipinski definition) is 5. The van der Waals surface area contributed by atoms with Crippen LogP contribution in [-0.4, -0.2) is 15.0 Å². The molecule has 0 N–H and O–H groups in total. The van der Waals surface area contributed by atoms with Crippen LogP contribution in [0.15, 0.2) is 235 Å². The van der Waals surface area contributed by atoms with Crippen molar-refractivity contribution < 1.29 is 4.42 Å². The average Bonchev–Trinajstić information content (AvgIpc) is 3.74. The third-order valence-electron chi connectivity index (χ3n) is 11.3. The molecule has 2 heterocycles. The van der Waals surface area contributed by atoms with Crippen molar-refractivity contribution in [1.29, 1.82) is 0 Å². The van der Waals surface area contributed by atoms with Crippen LogP contribution in [0.2, 0.25) is 0 Å². The fourth-order valence-electron chi connectivity index (χ4n) is 8.23. The number of para-hydroxylation sites is 1. The molecule has 11 aromatic rings. The minimum atomic E-state index is 0.545. The van der Waals surface area contributed by atoms with Crippen LogP contribution in [0.4, 0.5) is 17.1 Å².